The molecule has 0 radical (unpaired) electrons. The summed E-state index contributed by atoms with van der Waals surface area (Å²) in [6, 6.07) is 6.72. The summed E-state index contributed by atoms with van der Waals surface area (Å²) in [6.07, 6.45) is 4.47. The van der Waals surface area contributed by atoms with Gasteiger partial charge in [-0.15, -0.1) is 0 Å². The molecular formula is C21H24FN3O2. The number of anilines is 1. The summed E-state index contributed by atoms with van der Waals surface area (Å²) < 4.78 is 14.5. The number of nitrogens with one attached hydrogen (secondary N) is 1. The van der Waals surface area contributed by atoms with E-state index in [1.807, 2.05) is 12.1 Å². The summed E-state index contributed by atoms with van der Waals surface area (Å²) in [4.78, 5) is 33.2. The maximum Gasteiger partial charge on any atom is 0.252 e. The molecule has 2 fully saturated rings. The molecule has 4 rings (SSSR count). The second-order valence-corrected chi connectivity index (χ2v) is 7.98. The number of halogens is 1. The molecule has 0 bridgehead atoms. The van der Waals surface area contributed by atoms with E-state index >= 15 is 0 Å². The fourth-order valence-corrected chi connectivity index (χ4v) is 3.66. The lowest BCUT2D eigenvalue weighted by molar-refractivity contribution is 0.0965. The first-order chi connectivity index (χ1) is 12.9. The highest BCUT2D eigenvalue weighted by atomic mass is 19.1. The van der Waals surface area contributed by atoms with Crippen LogP contribution < -0.4 is 10.5 Å². The third kappa shape index (κ3) is 3.94. The number of rotatable bonds is 7. The van der Waals surface area contributed by atoms with Crippen LogP contribution in [0.3, 0.4) is 0 Å². The lowest BCUT2D eigenvalue weighted by Gasteiger charge is -2.17. The fourth-order valence-electron chi connectivity index (χ4n) is 3.66. The molecule has 0 amide bonds. The Morgan fingerprint density at radius 2 is 2.00 bits per heavy atom. The smallest absolute Gasteiger partial charge is 0.252 e. The van der Waals surface area contributed by atoms with E-state index in [0.717, 1.165) is 36.8 Å². The van der Waals surface area contributed by atoms with E-state index in [2.05, 4.69) is 9.97 Å². The molecule has 1 heterocycles. The highest BCUT2D eigenvalue weighted by Crippen LogP contribution is 2.46. The molecule has 0 unspecified atom stereocenters. The van der Waals surface area contributed by atoms with Gasteiger partial charge in [0.15, 0.2) is 5.78 Å². The summed E-state index contributed by atoms with van der Waals surface area (Å²) in [7, 11) is 3.51. The number of aromatic nitrogens is 2. The van der Waals surface area contributed by atoms with E-state index in [0.29, 0.717) is 17.8 Å². The Hall–Kier alpha value is -2.50. The highest BCUT2D eigenvalue weighted by molar-refractivity contribution is 5.95. The van der Waals surface area contributed by atoms with Gasteiger partial charge >= 0.3 is 0 Å². The van der Waals surface area contributed by atoms with Gasteiger partial charge in [0.1, 0.15) is 11.5 Å². The van der Waals surface area contributed by atoms with Crippen molar-refractivity contribution in [2.24, 2.45) is 5.92 Å². The number of ketones is 1. The van der Waals surface area contributed by atoms with Gasteiger partial charge in [-0.1, -0.05) is 12.1 Å². The van der Waals surface area contributed by atoms with Crippen LogP contribution in [0.4, 0.5) is 10.3 Å². The van der Waals surface area contributed by atoms with Crippen molar-refractivity contribution in [3.63, 3.8) is 0 Å². The Morgan fingerprint density at radius 3 is 2.59 bits per heavy atom. The minimum Gasteiger partial charge on any atom is -0.348 e. The molecule has 1 N–H and O–H groups in total. The van der Waals surface area contributed by atoms with Crippen molar-refractivity contribution in [3.05, 3.63) is 57.3 Å². The van der Waals surface area contributed by atoms with Crippen LogP contribution in [0.15, 0.2) is 29.1 Å². The lowest BCUT2D eigenvalue weighted by atomic mass is 9.87. The molecule has 2 aliphatic carbocycles. The molecule has 5 nitrogen and oxygen atoms in total. The number of aromatic amines is 1. The minimum atomic E-state index is -0.347. The molecule has 2 aliphatic rings. The third-order valence-corrected chi connectivity index (χ3v) is 5.50. The largest absolute Gasteiger partial charge is 0.348 e. The Bertz CT molecular complexity index is 929. The summed E-state index contributed by atoms with van der Waals surface area (Å²) in [6.45, 7) is 0. The van der Waals surface area contributed by atoms with Gasteiger partial charge < -0.3 is 4.90 Å². The van der Waals surface area contributed by atoms with Gasteiger partial charge in [0.25, 0.3) is 5.56 Å². The Labute approximate surface area is 157 Å². The van der Waals surface area contributed by atoms with Gasteiger partial charge in [-0.3, -0.25) is 14.6 Å². The van der Waals surface area contributed by atoms with Crippen LogP contribution in [-0.2, 0) is 0 Å². The van der Waals surface area contributed by atoms with Crippen LogP contribution in [0.1, 0.15) is 65.6 Å². The molecule has 27 heavy (non-hydrogen) atoms. The summed E-state index contributed by atoms with van der Waals surface area (Å²) in [5.41, 5.74) is 1.50. The van der Waals surface area contributed by atoms with Crippen molar-refractivity contribution < 1.29 is 9.18 Å². The molecule has 2 saturated carbocycles. The number of carbonyl (C=O) groups is 1. The number of Topliss-reactive ketones (excluding diaryl/α,β-unsaturated/α-hetero) is 1. The van der Waals surface area contributed by atoms with E-state index in [1.165, 1.54) is 6.07 Å². The van der Waals surface area contributed by atoms with Crippen LogP contribution in [0.2, 0.25) is 0 Å². The average molecular weight is 369 g/mol. The number of H-pyrrole nitrogens is 1. The Morgan fingerprint density at radius 1 is 1.26 bits per heavy atom. The maximum atomic E-state index is 14.5. The van der Waals surface area contributed by atoms with Gasteiger partial charge in [0.2, 0.25) is 5.95 Å². The molecule has 1 aromatic heterocycles. The predicted molar refractivity (Wildman–Crippen MR) is 102 cm³/mol. The maximum absolute atomic E-state index is 14.5. The number of hydrogen-bond donors (Lipinski definition) is 1. The summed E-state index contributed by atoms with van der Waals surface area (Å²) in [5.74, 6) is 0.767. The van der Waals surface area contributed by atoms with Crippen LogP contribution in [0.5, 0.6) is 0 Å². The second-order valence-electron chi connectivity index (χ2n) is 7.98. The predicted octanol–water partition coefficient (Wildman–Crippen LogP) is 3.62. The Kier molecular flexibility index (Phi) is 4.58. The summed E-state index contributed by atoms with van der Waals surface area (Å²) >= 11 is 0. The third-order valence-electron chi connectivity index (χ3n) is 5.50. The van der Waals surface area contributed by atoms with Gasteiger partial charge in [0, 0.05) is 26.6 Å². The first-order valence-electron chi connectivity index (χ1n) is 9.53. The van der Waals surface area contributed by atoms with Crippen molar-refractivity contribution in [1.29, 1.82) is 0 Å². The molecule has 0 saturated heterocycles. The first-order valence-corrected chi connectivity index (χ1v) is 9.53. The second kappa shape index (κ2) is 6.91. The van der Waals surface area contributed by atoms with Gasteiger partial charge in [-0.05, 0) is 60.6 Å². The molecule has 142 valence electrons. The fraction of sp³-hybridized carbons (Fsp3) is 0.476. The minimum absolute atomic E-state index is 0.0239. The van der Waals surface area contributed by atoms with Crippen molar-refractivity contribution in [2.45, 2.75) is 43.9 Å². The van der Waals surface area contributed by atoms with Crippen molar-refractivity contribution in [3.8, 4) is 0 Å². The molecule has 0 aliphatic heterocycles. The van der Waals surface area contributed by atoms with Crippen molar-refractivity contribution in [2.75, 3.05) is 19.0 Å². The van der Waals surface area contributed by atoms with E-state index in [9.17, 15) is 14.0 Å². The first kappa shape index (κ1) is 17.9. The lowest BCUT2D eigenvalue weighted by Crippen LogP contribution is -2.21. The van der Waals surface area contributed by atoms with E-state index in [1.54, 1.807) is 25.1 Å². The number of nitrogens with zero attached hydrogens (tertiary/aromatic N) is 2. The van der Waals surface area contributed by atoms with Gasteiger partial charge in [-0.2, -0.15) is 0 Å². The van der Waals surface area contributed by atoms with Crippen LogP contribution >= 0.6 is 0 Å². The SMILES string of the molecule is CN(C)c1nc(C(=O)C[C@@H](c2ccc(C3CC3)c(F)c2)C2CC2)cc(=O)[nH]1. The standard InChI is InChI=1S/C21H24FN3O2/c1-25(2)21-23-18(11-20(27)24-21)19(26)10-16(13-5-6-13)14-7-8-15(12-3-4-12)17(22)9-14/h7-9,11-13,16H,3-6,10H2,1-2H3,(H,23,24,27)/t16-/m1/s1. The van der Waals surface area contributed by atoms with E-state index < -0.39 is 0 Å². The molecule has 1 atom stereocenters. The van der Waals surface area contributed by atoms with E-state index in [-0.39, 0.29) is 35.2 Å². The zero-order valence-electron chi connectivity index (χ0n) is 15.7. The van der Waals surface area contributed by atoms with Crippen molar-refractivity contribution >= 4 is 11.7 Å². The monoisotopic (exact) mass is 369 g/mol. The zero-order valence-corrected chi connectivity index (χ0v) is 15.7. The number of hydrogen-bond acceptors (Lipinski definition) is 4. The Balaban J connectivity index is 1.58. The molecule has 1 aromatic carbocycles. The number of benzene rings is 1. The number of carbonyl (C=O) groups excluding carboxylic acids is 1. The summed E-state index contributed by atoms with van der Waals surface area (Å²) in [5, 5.41) is 0. The molecule has 6 heteroatoms. The van der Waals surface area contributed by atoms with Gasteiger partial charge in [0.05, 0.1) is 0 Å². The topological polar surface area (TPSA) is 66.1 Å². The highest BCUT2D eigenvalue weighted by Gasteiger charge is 2.35. The molecule has 2 aromatic rings. The van der Waals surface area contributed by atoms with Crippen LogP contribution in [0, 0.1) is 11.7 Å². The van der Waals surface area contributed by atoms with Gasteiger partial charge in [-0.25, -0.2) is 9.37 Å². The van der Waals surface area contributed by atoms with Crippen LogP contribution in [0.25, 0.3) is 0 Å². The molecular weight excluding hydrogens is 345 g/mol. The zero-order chi connectivity index (χ0) is 19.1. The van der Waals surface area contributed by atoms with E-state index in [4.69, 9.17) is 0 Å². The molecule has 0 spiro atoms. The normalized spacial score (nSPS) is 17.6. The quantitative estimate of drug-likeness (QED) is 0.757. The van der Waals surface area contributed by atoms with Crippen molar-refractivity contribution in [1.82, 2.24) is 9.97 Å². The average Bonchev–Trinajstić information content (AvgIpc) is 3.52. The van der Waals surface area contributed by atoms with Crippen LogP contribution in [-0.4, -0.2) is 29.8 Å².